The van der Waals surface area contributed by atoms with E-state index in [9.17, 15) is 13.2 Å². The first-order chi connectivity index (χ1) is 15.3. The highest BCUT2D eigenvalue weighted by atomic mass is 19.4. The van der Waals surface area contributed by atoms with Crippen LogP contribution < -0.4 is 4.74 Å². The van der Waals surface area contributed by atoms with Crippen LogP contribution in [0.15, 0.2) is 55.1 Å². The molecule has 1 atom stereocenters. The number of imidazole rings is 2. The van der Waals surface area contributed by atoms with Crippen molar-refractivity contribution in [2.75, 3.05) is 7.11 Å². The lowest BCUT2D eigenvalue weighted by Crippen LogP contribution is -2.12. The van der Waals surface area contributed by atoms with Gasteiger partial charge in [-0.3, -0.25) is 0 Å². The molecule has 3 aromatic heterocycles. The van der Waals surface area contributed by atoms with Crippen LogP contribution >= 0.6 is 0 Å². The van der Waals surface area contributed by atoms with Crippen LogP contribution in [0.1, 0.15) is 35.0 Å². The number of pyridine rings is 1. The number of fused-ring (bicyclic) bond motifs is 1. The Morgan fingerprint density at radius 3 is 2.56 bits per heavy atom. The van der Waals surface area contributed by atoms with Gasteiger partial charge >= 0.3 is 6.18 Å². The molecule has 0 saturated carbocycles. The third-order valence-electron chi connectivity index (χ3n) is 5.71. The first kappa shape index (κ1) is 20.3. The van der Waals surface area contributed by atoms with Crippen LogP contribution in [-0.2, 0) is 12.7 Å². The van der Waals surface area contributed by atoms with E-state index in [0.29, 0.717) is 36.1 Å². The third-order valence-corrected chi connectivity index (χ3v) is 5.71. The third kappa shape index (κ3) is 3.43. The molecule has 0 amide bonds. The van der Waals surface area contributed by atoms with Gasteiger partial charge in [-0.25, -0.2) is 15.0 Å². The standard InChI is InChI=1S/C23H20F3N5O/c1-14-11-31(13-27-14)20-8-7-18(29-22(20)32-2)19-12-30-10-9-16(21(30)28-19)15-5-3-4-6-17(15)23(24,25)26/h3-8,11-13,16H,9-10H2,1-2H3. The number of aryl methyl sites for hydroxylation is 2. The van der Waals surface area contributed by atoms with E-state index in [4.69, 9.17) is 4.74 Å². The molecule has 4 heterocycles. The largest absolute Gasteiger partial charge is 0.479 e. The lowest BCUT2D eigenvalue weighted by Gasteiger charge is -2.16. The van der Waals surface area contributed by atoms with Crippen molar-refractivity contribution >= 4 is 0 Å². The second-order valence-corrected chi connectivity index (χ2v) is 7.75. The fraction of sp³-hybridized carbons (Fsp3) is 0.261. The lowest BCUT2D eigenvalue weighted by atomic mass is 9.92. The molecule has 1 aliphatic rings. The van der Waals surface area contributed by atoms with Gasteiger partial charge < -0.3 is 13.9 Å². The molecule has 1 unspecified atom stereocenters. The van der Waals surface area contributed by atoms with Crippen molar-refractivity contribution in [2.24, 2.45) is 0 Å². The normalized spacial score (nSPS) is 15.7. The molecule has 0 radical (unpaired) electrons. The van der Waals surface area contributed by atoms with Crippen LogP contribution in [0.2, 0.25) is 0 Å². The molecule has 9 heteroatoms. The molecule has 0 N–H and O–H groups in total. The zero-order chi connectivity index (χ0) is 22.5. The van der Waals surface area contributed by atoms with Gasteiger partial charge in [-0.15, -0.1) is 0 Å². The van der Waals surface area contributed by atoms with Crippen molar-refractivity contribution in [1.29, 1.82) is 0 Å². The summed E-state index contributed by atoms with van der Waals surface area (Å²) in [7, 11) is 1.54. The first-order valence-electron chi connectivity index (χ1n) is 10.1. The number of aromatic nitrogens is 5. The highest BCUT2D eigenvalue weighted by molar-refractivity contribution is 5.59. The smallest absolute Gasteiger partial charge is 0.416 e. The van der Waals surface area contributed by atoms with E-state index in [1.54, 1.807) is 18.5 Å². The molecule has 0 bridgehead atoms. The van der Waals surface area contributed by atoms with Gasteiger partial charge in [0.2, 0.25) is 5.88 Å². The van der Waals surface area contributed by atoms with E-state index in [-0.39, 0.29) is 5.56 Å². The first-order valence-corrected chi connectivity index (χ1v) is 10.1. The predicted octanol–water partition coefficient (Wildman–Crippen LogP) is 5.00. The SMILES string of the molecule is COc1nc(-c2cn3c(n2)C(c2ccccc2C(F)(F)F)CC3)ccc1-n1cnc(C)c1. The Balaban J connectivity index is 1.52. The number of halogens is 3. The number of nitrogens with zero attached hydrogens (tertiary/aromatic N) is 5. The summed E-state index contributed by atoms with van der Waals surface area (Å²) in [6, 6.07) is 9.41. The molecule has 5 rings (SSSR count). The minimum absolute atomic E-state index is 0.257. The summed E-state index contributed by atoms with van der Waals surface area (Å²) in [5.41, 5.74) is 2.44. The van der Waals surface area contributed by atoms with E-state index >= 15 is 0 Å². The Morgan fingerprint density at radius 2 is 1.84 bits per heavy atom. The number of benzene rings is 1. The van der Waals surface area contributed by atoms with E-state index in [0.717, 1.165) is 17.4 Å². The summed E-state index contributed by atoms with van der Waals surface area (Å²) in [5.74, 6) is 0.607. The summed E-state index contributed by atoms with van der Waals surface area (Å²) >= 11 is 0. The van der Waals surface area contributed by atoms with Gasteiger partial charge in [-0.05, 0) is 37.1 Å². The number of ether oxygens (including phenoxy) is 1. The topological polar surface area (TPSA) is 57.8 Å². The van der Waals surface area contributed by atoms with Gasteiger partial charge in [-0.2, -0.15) is 13.2 Å². The molecule has 0 fully saturated rings. The Bertz CT molecular complexity index is 1290. The molecule has 32 heavy (non-hydrogen) atoms. The summed E-state index contributed by atoms with van der Waals surface area (Å²) in [6.45, 7) is 2.49. The molecule has 1 aliphatic heterocycles. The monoisotopic (exact) mass is 439 g/mol. The average molecular weight is 439 g/mol. The fourth-order valence-electron chi connectivity index (χ4n) is 4.24. The van der Waals surface area contributed by atoms with Crippen LogP contribution in [0.25, 0.3) is 17.1 Å². The number of methoxy groups -OCH3 is 1. The lowest BCUT2D eigenvalue weighted by molar-refractivity contribution is -0.138. The molecular weight excluding hydrogens is 419 g/mol. The Kier molecular flexibility index (Phi) is 4.76. The van der Waals surface area contributed by atoms with Crippen molar-refractivity contribution in [2.45, 2.75) is 32.0 Å². The summed E-state index contributed by atoms with van der Waals surface area (Å²) in [5, 5.41) is 0. The Hall–Kier alpha value is -3.62. The van der Waals surface area contributed by atoms with Crippen molar-refractivity contribution in [3.63, 3.8) is 0 Å². The maximum Gasteiger partial charge on any atom is 0.416 e. The maximum absolute atomic E-state index is 13.6. The number of hydrogen-bond acceptors (Lipinski definition) is 4. The molecule has 0 saturated heterocycles. The van der Waals surface area contributed by atoms with Crippen molar-refractivity contribution < 1.29 is 17.9 Å². The fourth-order valence-corrected chi connectivity index (χ4v) is 4.24. The van der Waals surface area contributed by atoms with Crippen molar-refractivity contribution in [3.8, 4) is 23.0 Å². The second-order valence-electron chi connectivity index (χ2n) is 7.75. The highest BCUT2D eigenvalue weighted by Crippen LogP contribution is 2.42. The Labute approximate surface area is 182 Å². The van der Waals surface area contributed by atoms with Crippen LogP contribution in [0.4, 0.5) is 13.2 Å². The number of rotatable bonds is 4. The highest BCUT2D eigenvalue weighted by Gasteiger charge is 2.38. The number of hydrogen-bond donors (Lipinski definition) is 0. The van der Waals surface area contributed by atoms with Gasteiger partial charge in [0.1, 0.15) is 17.2 Å². The van der Waals surface area contributed by atoms with Crippen LogP contribution in [-0.4, -0.2) is 31.2 Å². The molecule has 164 valence electrons. The minimum atomic E-state index is -4.41. The molecule has 4 aromatic rings. The van der Waals surface area contributed by atoms with Gasteiger partial charge in [0.15, 0.2) is 0 Å². The van der Waals surface area contributed by atoms with Crippen LogP contribution in [0.5, 0.6) is 5.88 Å². The molecular formula is C23H20F3N5O. The van der Waals surface area contributed by atoms with E-state index < -0.39 is 17.7 Å². The Morgan fingerprint density at radius 1 is 1.03 bits per heavy atom. The maximum atomic E-state index is 13.6. The second kappa shape index (κ2) is 7.51. The number of alkyl halides is 3. The zero-order valence-corrected chi connectivity index (χ0v) is 17.5. The average Bonchev–Trinajstić information content (AvgIpc) is 3.48. The van der Waals surface area contributed by atoms with Gasteiger partial charge in [-0.1, -0.05) is 18.2 Å². The quantitative estimate of drug-likeness (QED) is 0.449. The minimum Gasteiger partial charge on any atom is -0.479 e. The van der Waals surface area contributed by atoms with Crippen molar-refractivity contribution in [1.82, 2.24) is 24.1 Å². The summed E-state index contributed by atoms with van der Waals surface area (Å²) in [4.78, 5) is 13.5. The zero-order valence-electron chi connectivity index (χ0n) is 17.5. The summed E-state index contributed by atoms with van der Waals surface area (Å²) in [6.07, 6.45) is 1.56. The van der Waals surface area contributed by atoms with E-state index in [1.807, 2.05) is 40.6 Å². The van der Waals surface area contributed by atoms with Crippen LogP contribution in [0.3, 0.4) is 0 Å². The summed E-state index contributed by atoms with van der Waals surface area (Å²) < 4.78 is 49.9. The van der Waals surface area contributed by atoms with Crippen molar-refractivity contribution in [3.05, 3.63) is 77.8 Å². The van der Waals surface area contributed by atoms with Crippen LogP contribution in [0, 0.1) is 6.92 Å². The van der Waals surface area contributed by atoms with E-state index in [1.165, 1.54) is 13.2 Å². The van der Waals surface area contributed by atoms with E-state index in [2.05, 4.69) is 15.0 Å². The molecule has 0 aliphatic carbocycles. The molecule has 1 aromatic carbocycles. The molecule has 6 nitrogen and oxygen atoms in total. The molecule has 0 spiro atoms. The predicted molar refractivity (Wildman–Crippen MR) is 112 cm³/mol. The van der Waals surface area contributed by atoms with Gasteiger partial charge in [0.05, 0.1) is 30.4 Å². The van der Waals surface area contributed by atoms with Gasteiger partial charge in [0, 0.05) is 24.9 Å². The van der Waals surface area contributed by atoms with Gasteiger partial charge in [0.25, 0.3) is 0 Å².